The minimum atomic E-state index is -3.73. The summed E-state index contributed by atoms with van der Waals surface area (Å²) in [5.74, 6) is -0.273. The first-order chi connectivity index (χ1) is 9.47. The average Bonchev–Trinajstić information content (AvgIpc) is 2.91. The fourth-order valence-corrected chi connectivity index (χ4v) is 2.15. The summed E-state index contributed by atoms with van der Waals surface area (Å²) in [7, 11) is -3.73. The number of amides is 1. The Morgan fingerprint density at radius 1 is 1.30 bits per heavy atom. The summed E-state index contributed by atoms with van der Waals surface area (Å²) in [6.45, 7) is 0.456. The Balaban J connectivity index is 1.92. The number of imidazole rings is 1. The molecule has 0 fully saturated rings. The van der Waals surface area contributed by atoms with E-state index in [4.69, 9.17) is 5.14 Å². The highest BCUT2D eigenvalue weighted by Crippen LogP contribution is 2.08. The summed E-state index contributed by atoms with van der Waals surface area (Å²) in [6, 6.07) is 5.45. The van der Waals surface area contributed by atoms with Crippen molar-refractivity contribution >= 4 is 15.9 Å². The summed E-state index contributed by atoms with van der Waals surface area (Å²) in [5.41, 5.74) is 1.30. The van der Waals surface area contributed by atoms with Crippen molar-refractivity contribution in [1.29, 1.82) is 0 Å². The predicted molar refractivity (Wildman–Crippen MR) is 72.4 cm³/mol. The number of nitrogens with zero attached hydrogens (tertiary/aromatic N) is 1. The monoisotopic (exact) mass is 294 g/mol. The molecule has 0 spiro atoms. The first kappa shape index (κ1) is 14.2. The van der Waals surface area contributed by atoms with E-state index in [0.29, 0.717) is 18.5 Å². The molecule has 0 radical (unpaired) electrons. The molecule has 2 aromatic rings. The lowest BCUT2D eigenvalue weighted by molar-refractivity contribution is 0.0954. The fraction of sp³-hybridized carbons (Fsp3) is 0.167. The smallest absolute Gasteiger partial charge is 0.251 e. The number of rotatable bonds is 5. The molecule has 0 aliphatic rings. The minimum Gasteiger partial charge on any atom is -0.352 e. The highest BCUT2D eigenvalue weighted by Gasteiger charge is 2.09. The molecule has 0 unspecified atom stereocenters. The SMILES string of the molecule is NS(=O)(=O)c1ccc(C(=O)NCCc2cnc[nH]2)cc1. The molecule has 1 amide bonds. The van der Waals surface area contributed by atoms with E-state index in [1.54, 1.807) is 12.5 Å². The van der Waals surface area contributed by atoms with Crippen LogP contribution in [0.3, 0.4) is 0 Å². The Hall–Kier alpha value is -2.19. The van der Waals surface area contributed by atoms with Crippen molar-refractivity contribution in [2.75, 3.05) is 6.54 Å². The maximum atomic E-state index is 11.8. The number of aromatic amines is 1. The van der Waals surface area contributed by atoms with Crippen molar-refractivity contribution < 1.29 is 13.2 Å². The van der Waals surface area contributed by atoms with Crippen LogP contribution in [0.25, 0.3) is 0 Å². The largest absolute Gasteiger partial charge is 0.352 e. The van der Waals surface area contributed by atoms with E-state index in [1.807, 2.05) is 0 Å². The lowest BCUT2D eigenvalue weighted by Gasteiger charge is -2.05. The van der Waals surface area contributed by atoms with Gasteiger partial charge in [0, 0.05) is 30.4 Å². The van der Waals surface area contributed by atoms with E-state index in [0.717, 1.165) is 5.69 Å². The predicted octanol–water partition coefficient (Wildman–Crippen LogP) is 0.0296. The Morgan fingerprint density at radius 2 is 2.00 bits per heavy atom. The van der Waals surface area contributed by atoms with Gasteiger partial charge in [-0.25, -0.2) is 18.5 Å². The third-order valence-electron chi connectivity index (χ3n) is 2.68. The summed E-state index contributed by atoms with van der Waals surface area (Å²) >= 11 is 0. The topological polar surface area (TPSA) is 118 Å². The molecule has 7 nitrogen and oxygen atoms in total. The van der Waals surface area contributed by atoms with Gasteiger partial charge in [-0.3, -0.25) is 4.79 Å². The van der Waals surface area contributed by atoms with Crippen molar-refractivity contribution in [2.24, 2.45) is 5.14 Å². The summed E-state index contributed by atoms with van der Waals surface area (Å²) in [5, 5.41) is 7.71. The van der Waals surface area contributed by atoms with Crippen LogP contribution in [0.4, 0.5) is 0 Å². The van der Waals surface area contributed by atoms with Gasteiger partial charge in [0.1, 0.15) is 0 Å². The number of sulfonamides is 1. The Labute approximate surface area is 116 Å². The van der Waals surface area contributed by atoms with Crippen LogP contribution < -0.4 is 10.5 Å². The third-order valence-corrected chi connectivity index (χ3v) is 3.61. The van der Waals surface area contributed by atoms with Crippen LogP contribution in [0.1, 0.15) is 16.1 Å². The van der Waals surface area contributed by atoms with Crippen LogP contribution >= 0.6 is 0 Å². The molecule has 0 bridgehead atoms. The molecule has 1 heterocycles. The number of H-pyrrole nitrogens is 1. The summed E-state index contributed by atoms with van der Waals surface area (Å²) in [4.78, 5) is 18.6. The maximum absolute atomic E-state index is 11.8. The molecule has 0 aliphatic carbocycles. The van der Waals surface area contributed by atoms with Crippen LogP contribution in [0.5, 0.6) is 0 Å². The molecule has 0 saturated heterocycles. The number of nitrogens with two attached hydrogens (primary N) is 1. The molecule has 106 valence electrons. The first-order valence-corrected chi connectivity index (χ1v) is 7.40. The molecule has 4 N–H and O–H groups in total. The molecule has 0 saturated carbocycles. The second kappa shape index (κ2) is 5.85. The van der Waals surface area contributed by atoms with Gasteiger partial charge in [0.2, 0.25) is 10.0 Å². The maximum Gasteiger partial charge on any atom is 0.251 e. The second-order valence-corrected chi connectivity index (χ2v) is 5.71. The van der Waals surface area contributed by atoms with Gasteiger partial charge in [-0.2, -0.15) is 0 Å². The Bertz CT molecular complexity index is 678. The van der Waals surface area contributed by atoms with E-state index < -0.39 is 10.0 Å². The highest BCUT2D eigenvalue weighted by molar-refractivity contribution is 7.89. The fourth-order valence-electron chi connectivity index (χ4n) is 1.63. The van der Waals surface area contributed by atoms with Crippen molar-refractivity contribution in [3.8, 4) is 0 Å². The lowest BCUT2D eigenvalue weighted by atomic mass is 10.2. The minimum absolute atomic E-state index is 0.0218. The van der Waals surface area contributed by atoms with Crippen LogP contribution in [0.2, 0.25) is 0 Å². The zero-order chi connectivity index (χ0) is 14.6. The van der Waals surface area contributed by atoms with E-state index in [1.165, 1.54) is 24.3 Å². The normalized spacial score (nSPS) is 11.2. The first-order valence-electron chi connectivity index (χ1n) is 5.85. The summed E-state index contributed by atoms with van der Waals surface area (Å²) < 4.78 is 22.2. The third kappa shape index (κ3) is 3.65. The number of hydrogen-bond acceptors (Lipinski definition) is 4. The average molecular weight is 294 g/mol. The van der Waals surface area contributed by atoms with E-state index in [2.05, 4.69) is 15.3 Å². The number of nitrogens with one attached hydrogen (secondary N) is 2. The van der Waals surface area contributed by atoms with Crippen LogP contribution in [0, 0.1) is 0 Å². The molecule has 1 aromatic heterocycles. The van der Waals surface area contributed by atoms with Crippen LogP contribution in [-0.4, -0.2) is 30.8 Å². The van der Waals surface area contributed by atoms with Crippen LogP contribution in [-0.2, 0) is 16.4 Å². The van der Waals surface area contributed by atoms with Gasteiger partial charge < -0.3 is 10.3 Å². The molecule has 8 heteroatoms. The van der Waals surface area contributed by atoms with Crippen molar-refractivity contribution in [3.63, 3.8) is 0 Å². The van der Waals surface area contributed by atoms with Gasteiger partial charge in [0.05, 0.1) is 11.2 Å². The van der Waals surface area contributed by atoms with Gasteiger partial charge in [0.15, 0.2) is 0 Å². The number of carbonyl (C=O) groups excluding carboxylic acids is 1. The van der Waals surface area contributed by atoms with E-state index in [9.17, 15) is 13.2 Å². The lowest BCUT2D eigenvalue weighted by Crippen LogP contribution is -2.25. The number of primary sulfonamides is 1. The molecule has 1 aromatic carbocycles. The number of benzene rings is 1. The second-order valence-electron chi connectivity index (χ2n) is 4.15. The quantitative estimate of drug-likeness (QED) is 0.721. The Morgan fingerprint density at radius 3 is 2.55 bits per heavy atom. The summed E-state index contributed by atoms with van der Waals surface area (Å²) in [6.07, 6.45) is 3.90. The zero-order valence-electron chi connectivity index (χ0n) is 10.5. The zero-order valence-corrected chi connectivity index (χ0v) is 11.4. The van der Waals surface area contributed by atoms with Crippen molar-refractivity contribution in [2.45, 2.75) is 11.3 Å². The van der Waals surface area contributed by atoms with Crippen molar-refractivity contribution in [3.05, 3.63) is 48.0 Å². The highest BCUT2D eigenvalue weighted by atomic mass is 32.2. The van der Waals surface area contributed by atoms with Gasteiger partial charge in [-0.15, -0.1) is 0 Å². The van der Waals surface area contributed by atoms with Gasteiger partial charge in [0.25, 0.3) is 5.91 Å². The standard InChI is InChI=1S/C12H14N4O3S/c13-20(18,19)11-3-1-9(2-4-11)12(17)15-6-5-10-7-14-8-16-10/h1-4,7-8H,5-6H2,(H,14,16)(H,15,17)(H2,13,18,19). The molecular weight excluding hydrogens is 280 g/mol. The van der Waals surface area contributed by atoms with E-state index in [-0.39, 0.29) is 10.8 Å². The number of aromatic nitrogens is 2. The molecule has 0 atom stereocenters. The number of hydrogen-bond donors (Lipinski definition) is 3. The van der Waals surface area contributed by atoms with Gasteiger partial charge >= 0.3 is 0 Å². The molecule has 20 heavy (non-hydrogen) atoms. The van der Waals surface area contributed by atoms with Gasteiger partial charge in [-0.05, 0) is 24.3 Å². The molecule has 0 aliphatic heterocycles. The molecular formula is C12H14N4O3S. The van der Waals surface area contributed by atoms with E-state index >= 15 is 0 Å². The van der Waals surface area contributed by atoms with Crippen LogP contribution in [0.15, 0.2) is 41.7 Å². The number of carbonyl (C=O) groups is 1. The molecule has 2 rings (SSSR count). The van der Waals surface area contributed by atoms with Crippen molar-refractivity contribution in [1.82, 2.24) is 15.3 Å². The van der Waals surface area contributed by atoms with Gasteiger partial charge in [-0.1, -0.05) is 0 Å². The Kier molecular flexibility index (Phi) is 4.16.